The predicted molar refractivity (Wildman–Crippen MR) is 65.1 cm³/mol. The van der Waals surface area contributed by atoms with Gasteiger partial charge in [0.1, 0.15) is 0 Å². The summed E-state index contributed by atoms with van der Waals surface area (Å²) in [6.45, 7) is 2.09. The first-order valence-corrected chi connectivity index (χ1v) is 7.14. The molecule has 0 saturated carbocycles. The SMILES string of the molecule is CCC(CCCS(=O)(=O)O)c1ccccc1. The lowest BCUT2D eigenvalue weighted by atomic mass is 9.92. The van der Waals surface area contributed by atoms with Crippen molar-refractivity contribution < 1.29 is 13.0 Å². The molecular weight excluding hydrogens is 224 g/mol. The van der Waals surface area contributed by atoms with E-state index < -0.39 is 10.1 Å². The van der Waals surface area contributed by atoms with Crippen LogP contribution in [0.3, 0.4) is 0 Å². The molecule has 0 radical (unpaired) electrons. The molecule has 1 unspecified atom stereocenters. The molecule has 0 aliphatic heterocycles. The van der Waals surface area contributed by atoms with Gasteiger partial charge >= 0.3 is 0 Å². The van der Waals surface area contributed by atoms with Crippen molar-refractivity contribution in [2.75, 3.05) is 5.75 Å². The van der Waals surface area contributed by atoms with E-state index in [4.69, 9.17) is 4.55 Å². The second kappa shape index (κ2) is 6.01. The molecule has 0 aromatic heterocycles. The van der Waals surface area contributed by atoms with Gasteiger partial charge in [0.2, 0.25) is 0 Å². The maximum Gasteiger partial charge on any atom is 0.264 e. The zero-order chi connectivity index (χ0) is 12.0. The van der Waals surface area contributed by atoms with E-state index in [9.17, 15) is 8.42 Å². The van der Waals surface area contributed by atoms with E-state index >= 15 is 0 Å². The highest BCUT2D eigenvalue weighted by atomic mass is 32.2. The molecule has 0 amide bonds. The molecule has 0 heterocycles. The first kappa shape index (κ1) is 13.2. The van der Waals surface area contributed by atoms with Crippen molar-refractivity contribution in [3.05, 3.63) is 35.9 Å². The molecule has 0 spiro atoms. The summed E-state index contributed by atoms with van der Waals surface area (Å²) in [6.07, 6.45) is 2.28. The van der Waals surface area contributed by atoms with E-state index in [-0.39, 0.29) is 5.75 Å². The Morgan fingerprint density at radius 1 is 1.25 bits per heavy atom. The summed E-state index contributed by atoms with van der Waals surface area (Å²) in [5.74, 6) is 0.235. The van der Waals surface area contributed by atoms with Crippen LogP contribution in [0, 0.1) is 0 Å². The van der Waals surface area contributed by atoms with Crippen molar-refractivity contribution >= 4 is 10.1 Å². The van der Waals surface area contributed by atoms with Crippen LogP contribution in [0.1, 0.15) is 37.7 Å². The molecule has 0 aliphatic carbocycles. The topological polar surface area (TPSA) is 54.4 Å². The third-order valence-corrected chi connectivity index (χ3v) is 3.52. The Balaban J connectivity index is 2.51. The fourth-order valence-corrected chi connectivity index (χ4v) is 2.38. The average molecular weight is 242 g/mol. The maximum absolute atomic E-state index is 10.6. The lowest BCUT2D eigenvalue weighted by Gasteiger charge is -2.14. The minimum Gasteiger partial charge on any atom is -0.286 e. The first-order valence-electron chi connectivity index (χ1n) is 5.53. The Hall–Kier alpha value is -0.870. The molecule has 1 N–H and O–H groups in total. The Bertz CT molecular complexity index is 398. The molecule has 1 aromatic carbocycles. The van der Waals surface area contributed by atoms with Crippen molar-refractivity contribution in [1.82, 2.24) is 0 Å². The van der Waals surface area contributed by atoms with Gasteiger partial charge in [-0.05, 0) is 30.7 Å². The van der Waals surface area contributed by atoms with E-state index in [1.54, 1.807) is 0 Å². The minimum absolute atomic E-state index is 0.143. The van der Waals surface area contributed by atoms with Crippen LogP contribution in [0.2, 0.25) is 0 Å². The average Bonchev–Trinajstić information content (AvgIpc) is 2.24. The van der Waals surface area contributed by atoms with E-state index in [1.807, 2.05) is 18.2 Å². The molecular formula is C12H18O3S. The zero-order valence-electron chi connectivity index (χ0n) is 9.46. The van der Waals surface area contributed by atoms with E-state index in [2.05, 4.69) is 19.1 Å². The normalized spacial score (nSPS) is 13.6. The summed E-state index contributed by atoms with van der Waals surface area (Å²) < 4.78 is 29.8. The highest BCUT2D eigenvalue weighted by Gasteiger charge is 2.11. The fraction of sp³-hybridized carbons (Fsp3) is 0.500. The van der Waals surface area contributed by atoms with Crippen LogP contribution in [0.4, 0.5) is 0 Å². The van der Waals surface area contributed by atoms with Gasteiger partial charge in [-0.3, -0.25) is 4.55 Å². The summed E-state index contributed by atoms with van der Waals surface area (Å²) in [5.41, 5.74) is 1.24. The molecule has 1 aromatic rings. The highest BCUT2D eigenvalue weighted by molar-refractivity contribution is 7.85. The second-order valence-corrected chi connectivity index (χ2v) is 5.52. The standard InChI is InChI=1S/C12H18O3S/c1-2-11(9-6-10-16(13,14)15)12-7-4-3-5-8-12/h3-5,7-8,11H,2,6,9-10H2,1H3,(H,13,14,15). The lowest BCUT2D eigenvalue weighted by molar-refractivity contribution is 0.477. The van der Waals surface area contributed by atoms with Gasteiger partial charge in [-0.1, -0.05) is 37.3 Å². The third-order valence-electron chi connectivity index (χ3n) is 2.72. The predicted octanol–water partition coefficient (Wildman–Crippen LogP) is 2.85. The van der Waals surface area contributed by atoms with Crippen molar-refractivity contribution in [2.24, 2.45) is 0 Å². The third kappa shape index (κ3) is 4.77. The molecule has 3 nitrogen and oxygen atoms in total. The molecule has 1 rings (SSSR count). The fourth-order valence-electron chi connectivity index (χ4n) is 1.84. The summed E-state index contributed by atoms with van der Waals surface area (Å²) in [4.78, 5) is 0. The molecule has 0 fully saturated rings. The quantitative estimate of drug-likeness (QED) is 0.780. The van der Waals surface area contributed by atoms with E-state index in [0.717, 1.165) is 12.8 Å². The Labute approximate surface area is 97.2 Å². The first-order chi connectivity index (χ1) is 7.53. The molecule has 4 heteroatoms. The summed E-state index contributed by atoms with van der Waals surface area (Å²) in [6, 6.07) is 10.1. The van der Waals surface area contributed by atoms with E-state index in [0.29, 0.717) is 12.3 Å². The van der Waals surface area contributed by atoms with Gasteiger partial charge in [0.05, 0.1) is 5.75 Å². The lowest BCUT2D eigenvalue weighted by Crippen LogP contribution is -2.06. The molecule has 0 bridgehead atoms. The monoisotopic (exact) mass is 242 g/mol. The number of hydrogen-bond acceptors (Lipinski definition) is 2. The van der Waals surface area contributed by atoms with Gasteiger partial charge in [0.15, 0.2) is 0 Å². The molecule has 1 atom stereocenters. The number of rotatable bonds is 6. The van der Waals surface area contributed by atoms with Gasteiger partial charge in [0, 0.05) is 0 Å². The highest BCUT2D eigenvalue weighted by Crippen LogP contribution is 2.24. The van der Waals surface area contributed by atoms with Crippen LogP contribution < -0.4 is 0 Å². The number of benzene rings is 1. The van der Waals surface area contributed by atoms with Crippen molar-refractivity contribution in [3.8, 4) is 0 Å². The van der Waals surface area contributed by atoms with Crippen LogP contribution in [0.5, 0.6) is 0 Å². The largest absolute Gasteiger partial charge is 0.286 e. The maximum atomic E-state index is 10.6. The zero-order valence-corrected chi connectivity index (χ0v) is 10.3. The van der Waals surface area contributed by atoms with Gasteiger partial charge in [0.25, 0.3) is 10.1 Å². The van der Waals surface area contributed by atoms with Crippen LogP contribution >= 0.6 is 0 Å². The summed E-state index contributed by atoms with van der Waals surface area (Å²) in [7, 11) is -3.81. The smallest absolute Gasteiger partial charge is 0.264 e. The van der Waals surface area contributed by atoms with Gasteiger partial charge in [-0.2, -0.15) is 8.42 Å². The molecule has 16 heavy (non-hydrogen) atoms. The second-order valence-electron chi connectivity index (χ2n) is 3.94. The summed E-state index contributed by atoms with van der Waals surface area (Å²) in [5, 5.41) is 0. The Morgan fingerprint density at radius 2 is 1.88 bits per heavy atom. The van der Waals surface area contributed by atoms with Crippen molar-refractivity contribution in [1.29, 1.82) is 0 Å². The van der Waals surface area contributed by atoms with Crippen LogP contribution in [0.25, 0.3) is 0 Å². The van der Waals surface area contributed by atoms with E-state index in [1.165, 1.54) is 5.56 Å². The molecule has 0 saturated heterocycles. The van der Waals surface area contributed by atoms with Crippen LogP contribution in [0.15, 0.2) is 30.3 Å². The Kier molecular flexibility index (Phi) is 4.96. The van der Waals surface area contributed by atoms with Gasteiger partial charge in [-0.15, -0.1) is 0 Å². The number of hydrogen-bond donors (Lipinski definition) is 1. The minimum atomic E-state index is -3.81. The summed E-state index contributed by atoms with van der Waals surface area (Å²) >= 11 is 0. The van der Waals surface area contributed by atoms with Crippen molar-refractivity contribution in [2.45, 2.75) is 32.1 Å². The van der Waals surface area contributed by atoms with Crippen LogP contribution in [-0.4, -0.2) is 18.7 Å². The van der Waals surface area contributed by atoms with Gasteiger partial charge in [-0.25, -0.2) is 0 Å². The Morgan fingerprint density at radius 3 is 2.38 bits per heavy atom. The van der Waals surface area contributed by atoms with Crippen molar-refractivity contribution in [3.63, 3.8) is 0 Å². The van der Waals surface area contributed by atoms with Crippen LogP contribution in [-0.2, 0) is 10.1 Å². The molecule has 90 valence electrons. The molecule has 0 aliphatic rings. The van der Waals surface area contributed by atoms with Gasteiger partial charge < -0.3 is 0 Å².